The lowest BCUT2D eigenvalue weighted by atomic mass is 10.2. The van der Waals surface area contributed by atoms with Gasteiger partial charge in [0.25, 0.3) is 0 Å². The monoisotopic (exact) mass is 297 g/mol. The van der Waals surface area contributed by atoms with Gasteiger partial charge in [-0.25, -0.2) is 0 Å². The van der Waals surface area contributed by atoms with Crippen LogP contribution in [0, 0.1) is 0 Å². The highest BCUT2D eigenvalue weighted by molar-refractivity contribution is 9.10. The van der Waals surface area contributed by atoms with E-state index in [1.165, 1.54) is 6.08 Å². The Morgan fingerprint density at radius 1 is 1.59 bits per heavy atom. The number of carbonyl (C=O) groups excluding carboxylic acids is 1. The fourth-order valence-electron chi connectivity index (χ4n) is 1.36. The first kappa shape index (κ1) is 13.9. The summed E-state index contributed by atoms with van der Waals surface area (Å²) >= 11 is 3.38. The molecular formula is C13H16BrNO2. The molecule has 3 nitrogen and oxygen atoms in total. The number of benzene rings is 1. The van der Waals surface area contributed by atoms with E-state index >= 15 is 0 Å². The van der Waals surface area contributed by atoms with Crippen LogP contribution in [0.5, 0.6) is 0 Å². The third kappa shape index (κ3) is 5.65. The second-order valence-corrected chi connectivity index (χ2v) is 4.67. The summed E-state index contributed by atoms with van der Waals surface area (Å²) in [5.41, 5.74) is 0.980. The molecule has 17 heavy (non-hydrogen) atoms. The first-order chi connectivity index (χ1) is 8.11. The van der Waals surface area contributed by atoms with E-state index in [0.717, 1.165) is 10.0 Å². The number of methoxy groups -OCH3 is 1. The summed E-state index contributed by atoms with van der Waals surface area (Å²) in [5.74, 6) is -0.116. The van der Waals surface area contributed by atoms with Gasteiger partial charge in [0.15, 0.2) is 0 Å². The van der Waals surface area contributed by atoms with Crippen LogP contribution < -0.4 is 5.32 Å². The third-order valence-corrected chi connectivity index (χ3v) is 2.57. The molecule has 0 aliphatic heterocycles. The molecule has 0 spiro atoms. The zero-order valence-electron chi connectivity index (χ0n) is 9.94. The van der Waals surface area contributed by atoms with E-state index in [4.69, 9.17) is 4.74 Å². The minimum absolute atomic E-state index is 0.0136. The van der Waals surface area contributed by atoms with Crippen LogP contribution in [0.15, 0.2) is 34.8 Å². The molecule has 0 aliphatic rings. The van der Waals surface area contributed by atoms with Crippen molar-refractivity contribution in [1.82, 2.24) is 5.32 Å². The average Bonchev–Trinajstić information content (AvgIpc) is 2.27. The van der Waals surface area contributed by atoms with Crippen molar-refractivity contribution in [2.24, 2.45) is 0 Å². The first-order valence-corrected chi connectivity index (χ1v) is 6.14. The van der Waals surface area contributed by atoms with Crippen LogP contribution in [0.2, 0.25) is 0 Å². The number of hydrogen-bond acceptors (Lipinski definition) is 2. The molecule has 1 rings (SSSR count). The molecule has 1 amide bonds. The Morgan fingerprint density at radius 2 is 2.35 bits per heavy atom. The van der Waals surface area contributed by atoms with Crippen LogP contribution >= 0.6 is 15.9 Å². The van der Waals surface area contributed by atoms with E-state index in [2.05, 4.69) is 21.2 Å². The van der Waals surface area contributed by atoms with E-state index in [0.29, 0.717) is 6.61 Å². The van der Waals surface area contributed by atoms with Gasteiger partial charge in [-0.3, -0.25) is 4.79 Å². The number of carbonyl (C=O) groups is 1. The summed E-state index contributed by atoms with van der Waals surface area (Å²) in [6.07, 6.45) is 3.30. The number of amides is 1. The summed E-state index contributed by atoms with van der Waals surface area (Å²) < 4.78 is 5.93. The van der Waals surface area contributed by atoms with E-state index in [1.807, 2.05) is 31.2 Å². The fourth-order valence-corrected chi connectivity index (χ4v) is 1.78. The molecule has 92 valence electrons. The van der Waals surface area contributed by atoms with Gasteiger partial charge in [0.05, 0.1) is 6.61 Å². The quantitative estimate of drug-likeness (QED) is 0.849. The van der Waals surface area contributed by atoms with Crippen molar-refractivity contribution >= 4 is 27.9 Å². The smallest absolute Gasteiger partial charge is 0.244 e. The summed E-state index contributed by atoms with van der Waals surface area (Å²) in [6, 6.07) is 7.77. The maximum absolute atomic E-state index is 11.5. The molecule has 0 saturated carbocycles. The zero-order valence-corrected chi connectivity index (χ0v) is 11.5. The molecule has 4 heteroatoms. The van der Waals surface area contributed by atoms with Crippen LogP contribution in [-0.4, -0.2) is 25.7 Å². The van der Waals surface area contributed by atoms with Gasteiger partial charge in [-0.1, -0.05) is 28.1 Å². The predicted molar refractivity (Wildman–Crippen MR) is 72.7 cm³/mol. The van der Waals surface area contributed by atoms with Crippen LogP contribution in [-0.2, 0) is 9.53 Å². The number of rotatable bonds is 5. The maximum atomic E-state index is 11.5. The van der Waals surface area contributed by atoms with Gasteiger partial charge in [-0.05, 0) is 30.7 Å². The van der Waals surface area contributed by atoms with Crippen LogP contribution in [0.4, 0.5) is 0 Å². The fraction of sp³-hybridized carbons (Fsp3) is 0.308. The Bertz CT molecular complexity index is 404. The molecule has 0 saturated heterocycles. The lowest BCUT2D eigenvalue weighted by molar-refractivity contribution is -0.117. The molecule has 0 heterocycles. The Hall–Kier alpha value is -1.13. The maximum Gasteiger partial charge on any atom is 0.244 e. The molecule has 0 radical (unpaired) electrons. The van der Waals surface area contributed by atoms with Crippen LogP contribution in [0.3, 0.4) is 0 Å². The lowest BCUT2D eigenvalue weighted by Crippen LogP contribution is -2.34. The Morgan fingerprint density at radius 3 is 3.00 bits per heavy atom. The minimum atomic E-state index is -0.116. The number of nitrogens with one attached hydrogen (secondary N) is 1. The topological polar surface area (TPSA) is 38.3 Å². The standard InChI is InChI=1S/C13H16BrNO2/c1-10(9-17-2)15-13(16)7-6-11-4-3-5-12(14)8-11/h3-8,10H,9H2,1-2H3,(H,15,16). The minimum Gasteiger partial charge on any atom is -0.383 e. The molecule has 1 aromatic carbocycles. The van der Waals surface area contributed by atoms with Gasteiger partial charge >= 0.3 is 0 Å². The van der Waals surface area contributed by atoms with Gasteiger partial charge in [-0.2, -0.15) is 0 Å². The Labute approximate surface area is 110 Å². The SMILES string of the molecule is COCC(C)NC(=O)C=Cc1cccc(Br)c1. The summed E-state index contributed by atoms with van der Waals surface area (Å²) in [5, 5.41) is 2.80. The van der Waals surface area contributed by atoms with Gasteiger partial charge in [-0.15, -0.1) is 0 Å². The summed E-state index contributed by atoms with van der Waals surface area (Å²) in [4.78, 5) is 11.5. The van der Waals surface area contributed by atoms with Crippen molar-refractivity contribution in [1.29, 1.82) is 0 Å². The van der Waals surface area contributed by atoms with Gasteiger partial charge in [0, 0.05) is 23.7 Å². The van der Waals surface area contributed by atoms with Crippen molar-refractivity contribution in [2.75, 3.05) is 13.7 Å². The highest BCUT2D eigenvalue weighted by Gasteiger charge is 2.02. The normalized spacial score (nSPS) is 12.6. The third-order valence-electron chi connectivity index (χ3n) is 2.08. The van der Waals surface area contributed by atoms with Crippen LogP contribution in [0.25, 0.3) is 6.08 Å². The number of halogens is 1. The number of ether oxygens (including phenoxy) is 1. The molecule has 1 unspecified atom stereocenters. The Balaban J connectivity index is 2.51. The lowest BCUT2D eigenvalue weighted by Gasteiger charge is -2.10. The van der Waals surface area contributed by atoms with Gasteiger partial charge in [0.2, 0.25) is 5.91 Å². The van der Waals surface area contributed by atoms with E-state index in [9.17, 15) is 4.79 Å². The molecule has 1 atom stereocenters. The van der Waals surface area contributed by atoms with Crippen molar-refractivity contribution in [2.45, 2.75) is 13.0 Å². The van der Waals surface area contributed by atoms with E-state index in [-0.39, 0.29) is 11.9 Å². The second-order valence-electron chi connectivity index (χ2n) is 3.75. The van der Waals surface area contributed by atoms with Gasteiger partial charge in [0.1, 0.15) is 0 Å². The zero-order chi connectivity index (χ0) is 12.7. The van der Waals surface area contributed by atoms with Crippen molar-refractivity contribution in [3.8, 4) is 0 Å². The molecule has 0 fully saturated rings. The highest BCUT2D eigenvalue weighted by Crippen LogP contribution is 2.12. The van der Waals surface area contributed by atoms with Crippen LogP contribution in [0.1, 0.15) is 12.5 Å². The van der Waals surface area contributed by atoms with E-state index < -0.39 is 0 Å². The average molecular weight is 298 g/mol. The molecule has 0 bridgehead atoms. The van der Waals surface area contributed by atoms with Crippen molar-refractivity contribution < 1.29 is 9.53 Å². The first-order valence-electron chi connectivity index (χ1n) is 5.35. The molecule has 1 N–H and O–H groups in total. The molecule has 0 aromatic heterocycles. The predicted octanol–water partition coefficient (Wildman–Crippen LogP) is 2.61. The summed E-state index contributed by atoms with van der Waals surface area (Å²) in [7, 11) is 1.61. The second kappa shape index (κ2) is 7.25. The van der Waals surface area contributed by atoms with E-state index in [1.54, 1.807) is 13.2 Å². The Kier molecular flexibility index (Phi) is 5.94. The highest BCUT2D eigenvalue weighted by atomic mass is 79.9. The van der Waals surface area contributed by atoms with Crippen molar-refractivity contribution in [3.05, 3.63) is 40.4 Å². The molecular weight excluding hydrogens is 282 g/mol. The largest absolute Gasteiger partial charge is 0.383 e. The molecule has 0 aliphatic carbocycles. The van der Waals surface area contributed by atoms with Crippen molar-refractivity contribution in [3.63, 3.8) is 0 Å². The van der Waals surface area contributed by atoms with Gasteiger partial charge < -0.3 is 10.1 Å². The number of hydrogen-bond donors (Lipinski definition) is 1. The summed E-state index contributed by atoms with van der Waals surface area (Å²) in [6.45, 7) is 2.41. The molecule has 1 aromatic rings.